The molecule has 0 spiro atoms. The number of hydrogen-bond acceptors (Lipinski definition) is 2. The minimum atomic E-state index is 0.154. The van der Waals surface area contributed by atoms with E-state index in [2.05, 4.69) is 15.9 Å². The summed E-state index contributed by atoms with van der Waals surface area (Å²) in [6.07, 6.45) is 0. The summed E-state index contributed by atoms with van der Waals surface area (Å²) in [4.78, 5) is 0. The summed E-state index contributed by atoms with van der Waals surface area (Å²) in [6.45, 7) is 1.78. The molecule has 2 aromatic rings. The van der Waals surface area contributed by atoms with Crippen LogP contribution in [0.1, 0.15) is 5.56 Å². The van der Waals surface area contributed by atoms with Gasteiger partial charge >= 0.3 is 0 Å². The third-order valence-electron chi connectivity index (χ3n) is 2.55. The molecule has 2 aromatic carbocycles. The highest BCUT2D eigenvalue weighted by Crippen LogP contribution is 2.42. The Balaban J connectivity index is 2.74. The van der Waals surface area contributed by atoms with Crippen molar-refractivity contribution in [1.29, 1.82) is 0 Å². The Labute approximate surface area is 102 Å². The van der Waals surface area contributed by atoms with Gasteiger partial charge in [0.05, 0.1) is 4.47 Å². The third kappa shape index (κ3) is 1.78. The van der Waals surface area contributed by atoms with E-state index in [1.807, 2.05) is 30.3 Å². The molecule has 16 heavy (non-hydrogen) atoms. The van der Waals surface area contributed by atoms with E-state index in [9.17, 15) is 10.2 Å². The van der Waals surface area contributed by atoms with Crippen LogP contribution in [0.4, 0.5) is 0 Å². The average molecular weight is 279 g/mol. The van der Waals surface area contributed by atoms with Gasteiger partial charge in [-0.1, -0.05) is 30.3 Å². The predicted octanol–water partition coefficient (Wildman–Crippen LogP) is 3.84. The molecule has 3 heteroatoms. The van der Waals surface area contributed by atoms with Crippen molar-refractivity contribution < 1.29 is 10.2 Å². The standard InChI is InChI=1S/C13H11BrO2/c1-8-11(15)7-10(14)13(16)12(8)9-5-3-2-4-6-9/h2-7,15-16H,1H3. The van der Waals surface area contributed by atoms with E-state index in [4.69, 9.17) is 0 Å². The lowest BCUT2D eigenvalue weighted by molar-refractivity contribution is 0.456. The Bertz CT molecular complexity index is 495. The van der Waals surface area contributed by atoms with Gasteiger partial charge in [0.15, 0.2) is 0 Å². The predicted molar refractivity (Wildman–Crippen MR) is 67.6 cm³/mol. The molecule has 0 amide bonds. The molecule has 0 heterocycles. The lowest BCUT2D eigenvalue weighted by atomic mass is 9.99. The Kier molecular flexibility index (Phi) is 2.88. The number of benzene rings is 2. The first kappa shape index (κ1) is 11.0. The zero-order valence-corrected chi connectivity index (χ0v) is 10.3. The van der Waals surface area contributed by atoms with Gasteiger partial charge in [-0.25, -0.2) is 0 Å². The fourth-order valence-electron chi connectivity index (χ4n) is 1.68. The SMILES string of the molecule is Cc1c(O)cc(Br)c(O)c1-c1ccccc1. The van der Waals surface area contributed by atoms with Crippen molar-refractivity contribution in [2.75, 3.05) is 0 Å². The lowest BCUT2D eigenvalue weighted by Gasteiger charge is -2.11. The summed E-state index contributed by atoms with van der Waals surface area (Å²) < 4.78 is 0.495. The van der Waals surface area contributed by atoms with Crippen molar-refractivity contribution in [1.82, 2.24) is 0 Å². The Morgan fingerprint density at radius 2 is 1.69 bits per heavy atom. The zero-order chi connectivity index (χ0) is 11.7. The molecule has 0 aromatic heterocycles. The van der Waals surface area contributed by atoms with Gasteiger partial charge in [0.1, 0.15) is 11.5 Å². The molecule has 82 valence electrons. The number of aromatic hydroxyl groups is 2. The molecular weight excluding hydrogens is 268 g/mol. The Morgan fingerprint density at radius 1 is 1.06 bits per heavy atom. The molecule has 2 rings (SSSR count). The summed E-state index contributed by atoms with van der Waals surface area (Å²) in [5.74, 6) is 0.324. The quantitative estimate of drug-likeness (QED) is 0.779. The molecular formula is C13H11BrO2. The second-order valence-corrected chi connectivity index (χ2v) is 4.45. The molecule has 0 bridgehead atoms. The molecule has 0 fully saturated rings. The molecule has 2 nitrogen and oxygen atoms in total. The Hall–Kier alpha value is -1.48. The van der Waals surface area contributed by atoms with Crippen LogP contribution in [0.15, 0.2) is 40.9 Å². The minimum Gasteiger partial charge on any atom is -0.508 e. The van der Waals surface area contributed by atoms with E-state index in [1.54, 1.807) is 6.92 Å². The van der Waals surface area contributed by atoms with E-state index < -0.39 is 0 Å². The zero-order valence-electron chi connectivity index (χ0n) is 8.74. The van der Waals surface area contributed by atoms with Crippen molar-refractivity contribution in [3.8, 4) is 22.6 Å². The van der Waals surface area contributed by atoms with Crippen molar-refractivity contribution in [3.63, 3.8) is 0 Å². The van der Waals surface area contributed by atoms with Crippen molar-refractivity contribution >= 4 is 15.9 Å². The maximum Gasteiger partial charge on any atom is 0.138 e. The van der Waals surface area contributed by atoms with Gasteiger partial charge in [0.25, 0.3) is 0 Å². The van der Waals surface area contributed by atoms with Crippen molar-refractivity contribution in [3.05, 3.63) is 46.4 Å². The van der Waals surface area contributed by atoms with Gasteiger partial charge in [-0.2, -0.15) is 0 Å². The van der Waals surface area contributed by atoms with Crippen molar-refractivity contribution in [2.24, 2.45) is 0 Å². The highest BCUT2D eigenvalue weighted by molar-refractivity contribution is 9.10. The van der Waals surface area contributed by atoms with Gasteiger partial charge in [-0.3, -0.25) is 0 Å². The van der Waals surface area contributed by atoms with Gasteiger partial charge in [-0.05, 0) is 34.5 Å². The molecule has 0 aliphatic heterocycles. The van der Waals surface area contributed by atoms with E-state index in [1.165, 1.54) is 6.07 Å². The smallest absolute Gasteiger partial charge is 0.138 e. The van der Waals surface area contributed by atoms with Gasteiger partial charge in [-0.15, -0.1) is 0 Å². The second-order valence-electron chi connectivity index (χ2n) is 3.59. The first-order valence-electron chi connectivity index (χ1n) is 4.87. The molecule has 0 aliphatic rings. The molecule has 0 saturated carbocycles. The Morgan fingerprint density at radius 3 is 2.31 bits per heavy atom. The molecule has 0 radical (unpaired) electrons. The molecule has 0 unspecified atom stereocenters. The summed E-state index contributed by atoms with van der Waals surface area (Å²) in [7, 11) is 0. The van der Waals surface area contributed by atoms with Gasteiger partial charge in [0, 0.05) is 11.1 Å². The summed E-state index contributed by atoms with van der Waals surface area (Å²) in [6, 6.07) is 11.0. The van der Waals surface area contributed by atoms with Crippen LogP contribution >= 0.6 is 15.9 Å². The maximum absolute atomic E-state index is 10.00. The minimum absolute atomic E-state index is 0.154. The van der Waals surface area contributed by atoms with Crippen LogP contribution in [-0.4, -0.2) is 10.2 Å². The largest absolute Gasteiger partial charge is 0.508 e. The van der Waals surface area contributed by atoms with Crippen LogP contribution in [0.25, 0.3) is 11.1 Å². The number of phenols is 2. The van der Waals surface area contributed by atoms with Crippen LogP contribution in [0.2, 0.25) is 0 Å². The topological polar surface area (TPSA) is 40.5 Å². The molecule has 0 saturated heterocycles. The number of halogens is 1. The second kappa shape index (κ2) is 4.18. The van der Waals surface area contributed by atoms with Gasteiger partial charge < -0.3 is 10.2 Å². The van der Waals surface area contributed by atoms with Crippen LogP contribution in [0.3, 0.4) is 0 Å². The molecule has 0 aliphatic carbocycles. The first-order valence-corrected chi connectivity index (χ1v) is 5.67. The molecule has 2 N–H and O–H groups in total. The van der Waals surface area contributed by atoms with Crippen LogP contribution in [-0.2, 0) is 0 Å². The average Bonchev–Trinajstić information content (AvgIpc) is 2.28. The van der Waals surface area contributed by atoms with Gasteiger partial charge in [0.2, 0.25) is 0 Å². The third-order valence-corrected chi connectivity index (χ3v) is 3.15. The summed E-state index contributed by atoms with van der Waals surface area (Å²) >= 11 is 3.22. The normalized spacial score (nSPS) is 10.4. The fraction of sp³-hybridized carbons (Fsp3) is 0.0769. The van der Waals surface area contributed by atoms with E-state index >= 15 is 0 Å². The van der Waals surface area contributed by atoms with Crippen LogP contribution < -0.4 is 0 Å². The van der Waals surface area contributed by atoms with E-state index in [0.29, 0.717) is 15.6 Å². The summed E-state index contributed by atoms with van der Waals surface area (Å²) in [5.41, 5.74) is 2.22. The van der Waals surface area contributed by atoms with E-state index in [-0.39, 0.29) is 11.5 Å². The number of phenolic OH excluding ortho intramolecular Hbond substituents is 2. The molecule has 0 atom stereocenters. The van der Waals surface area contributed by atoms with Crippen LogP contribution in [0.5, 0.6) is 11.5 Å². The monoisotopic (exact) mass is 278 g/mol. The number of hydrogen-bond donors (Lipinski definition) is 2. The highest BCUT2D eigenvalue weighted by Gasteiger charge is 2.14. The van der Waals surface area contributed by atoms with Crippen molar-refractivity contribution in [2.45, 2.75) is 6.92 Å². The summed E-state index contributed by atoms with van der Waals surface area (Å²) in [5, 5.41) is 19.7. The number of rotatable bonds is 1. The van der Waals surface area contributed by atoms with E-state index in [0.717, 1.165) is 5.56 Å². The fourth-order valence-corrected chi connectivity index (χ4v) is 2.09. The highest BCUT2D eigenvalue weighted by atomic mass is 79.9. The van der Waals surface area contributed by atoms with Crippen LogP contribution in [0, 0.1) is 6.92 Å². The lowest BCUT2D eigenvalue weighted by Crippen LogP contribution is -1.86. The maximum atomic E-state index is 10.00. The first-order chi connectivity index (χ1) is 7.61.